The van der Waals surface area contributed by atoms with E-state index in [9.17, 15) is 4.79 Å². The van der Waals surface area contributed by atoms with Crippen molar-refractivity contribution in [1.29, 1.82) is 0 Å². The fraction of sp³-hybridized carbons (Fsp3) is 0.0833. The minimum atomic E-state index is 0.289. The minimum absolute atomic E-state index is 0.289. The second-order valence-corrected chi connectivity index (χ2v) is 4.73. The van der Waals surface area contributed by atoms with Gasteiger partial charge < -0.3 is 10.1 Å². The van der Waals surface area contributed by atoms with Crippen molar-refractivity contribution in [3.8, 4) is 11.3 Å². The van der Waals surface area contributed by atoms with E-state index < -0.39 is 0 Å². The zero-order valence-electron chi connectivity index (χ0n) is 10.3. The van der Waals surface area contributed by atoms with Crippen molar-refractivity contribution in [3.05, 3.63) is 35.7 Å². The highest BCUT2D eigenvalue weighted by Gasteiger charge is 2.11. The number of aromatic amines is 1. The maximum absolute atomic E-state index is 10.6. The molecule has 7 nitrogen and oxygen atoms in total. The van der Waals surface area contributed by atoms with Crippen molar-refractivity contribution < 1.29 is 4.79 Å². The van der Waals surface area contributed by atoms with E-state index in [0.717, 1.165) is 23.2 Å². The van der Waals surface area contributed by atoms with Gasteiger partial charge in [-0.3, -0.25) is 5.10 Å². The molecule has 3 aromatic heterocycles. The molecule has 20 heavy (non-hydrogen) atoms. The molecule has 0 bridgehead atoms. The van der Waals surface area contributed by atoms with E-state index >= 15 is 0 Å². The van der Waals surface area contributed by atoms with Gasteiger partial charge in [0.2, 0.25) is 5.95 Å². The molecular formula is C12H10N6OS. The minimum Gasteiger partial charge on any atom is -0.303 e. The van der Waals surface area contributed by atoms with E-state index in [-0.39, 0.29) is 6.42 Å². The molecule has 3 rings (SSSR count). The van der Waals surface area contributed by atoms with Crippen LogP contribution < -0.4 is 5.32 Å². The van der Waals surface area contributed by atoms with Gasteiger partial charge in [0.15, 0.2) is 5.13 Å². The lowest BCUT2D eigenvalue weighted by atomic mass is 10.2. The number of anilines is 2. The van der Waals surface area contributed by atoms with Crippen molar-refractivity contribution in [1.82, 2.24) is 25.1 Å². The molecule has 3 heterocycles. The Balaban J connectivity index is 1.83. The summed E-state index contributed by atoms with van der Waals surface area (Å²) in [5.41, 5.74) is 2.35. The first-order valence-electron chi connectivity index (χ1n) is 5.82. The van der Waals surface area contributed by atoms with Crippen LogP contribution in [0.5, 0.6) is 0 Å². The molecule has 8 heteroatoms. The molecule has 100 valence electrons. The normalized spacial score (nSPS) is 10.4. The summed E-state index contributed by atoms with van der Waals surface area (Å²) in [6, 6.07) is 1.75. The number of nitrogens with one attached hydrogen (secondary N) is 2. The maximum atomic E-state index is 10.6. The summed E-state index contributed by atoms with van der Waals surface area (Å²) in [7, 11) is 0. The zero-order chi connectivity index (χ0) is 13.8. The van der Waals surface area contributed by atoms with Gasteiger partial charge in [-0.15, -0.1) is 11.3 Å². The monoisotopic (exact) mass is 286 g/mol. The van der Waals surface area contributed by atoms with E-state index in [1.54, 1.807) is 24.7 Å². The first kappa shape index (κ1) is 12.4. The molecule has 0 saturated heterocycles. The van der Waals surface area contributed by atoms with Gasteiger partial charge in [0.1, 0.15) is 6.29 Å². The summed E-state index contributed by atoms with van der Waals surface area (Å²) in [5.74, 6) is 0.494. The summed E-state index contributed by atoms with van der Waals surface area (Å²) in [6.45, 7) is 0. The Morgan fingerprint density at radius 2 is 2.20 bits per heavy atom. The van der Waals surface area contributed by atoms with Gasteiger partial charge in [-0.2, -0.15) is 5.10 Å². The topological polar surface area (TPSA) is 96.5 Å². The van der Waals surface area contributed by atoms with Crippen LogP contribution in [0.25, 0.3) is 11.3 Å². The first-order chi connectivity index (χ1) is 9.86. The number of hydrogen-bond donors (Lipinski definition) is 2. The Hall–Kier alpha value is -2.61. The fourth-order valence-electron chi connectivity index (χ4n) is 1.69. The third kappa shape index (κ3) is 2.54. The lowest BCUT2D eigenvalue weighted by Crippen LogP contribution is -1.95. The van der Waals surface area contributed by atoms with Gasteiger partial charge in [-0.1, -0.05) is 0 Å². The summed E-state index contributed by atoms with van der Waals surface area (Å²) in [6.07, 6.45) is 6.10. The van der Waals surface area contributed by atoms with Gasteiger partial charge in [0.25, 0.3) is 0 Å². The van der Waals surface area contributed by atoms with Crippen LogP contribution in [0, 0.1) is 0 Å². The van der Waals surface area contributed by atoms with Crippen molar-refractivity contribution in [2.45, 2.75) is 6.42 Å². The van der Waals surface area contributed by atoms with Crippen LogP contribution in [-0.4, -0.2) is 31.4 Å². The van der Waals surface area contributed by atoms with Gasteiger partial charge in [-0.25, -0.2) is 15.0 Å². The standard InChI is InChI=1S/C12H10N6OS/c19-5-2-9-8(6-15-18-9)10-7-20-12(16-10)17-11-13-3-1-4-14-11/h1,3-7H,2H2,(H,15,18)(H,13,14,16,17). The molecule has 0 radical (unpaired) electrons. The Bertz CT molecular complexity index is 708. The number of rotatable bonds is 5. The summed E-state index contributed by atoms with van der Waals surface area (Å²) >= 11 is 1.44. The highest BCUT2D eigenvalue weighted by molar-refractivity contribution is 7.14. The largest absolute Gasteiger partial charge is 0.303 e. The van der Waals surface area contributed by atoms with E-state index in [1.165, 1.54) is 11.3 Å². The number of carbonyl (C=O) groups excluding carboxylic acids is 1. The van der Waals surface area contributed by atoms with Crippen LogP contribution >= 0.6 is 11.3 Å². The maximum Gasteiger partial charge on any atom is 0.228 e. The number of carbonyl (C=O) groups is 1. The number of hydrogen-bond acceptors (Lipinski definition) is 7. The Morgan fingerprint density at radius 1 is 1.35 bits per heavy atom. The van der Waals surface area contributed by atoms with Crippen LogP contribution in [0.15, 0.2) is 30.0 Å². The number of aldehydes is 1. The van der Waals surface area contributed by atoms with Crippen LogP contribution in [0.1, 0.15) is 5.69 Å². The number of aromatic nitrogens is 5. The molecule has 0 atom stereocenters. The Kier molecular flexibility index (Phi) is 3.46. The molecule has 0 aliphatic carbocycles. The predicted octanol–water partition coefficient (Wildman–Crippen LogP) is 1.81. The molecule has 0 spiro atoms. The Morgan fingerprint density at radius 3 is 3.00 bits per heavy atom. The van der Waals surface area contributed by atoms with Crippen molar-refractivity contribution in [3.63, 3.8) is 0 Å². The molecule has 0 aromatic carbocycles. The van der Waals surface area contributed by atoms with Crippen LogP contribution in [-0.2, 0) is 11.2 Å². The van der Waals surface area contributed by atoms with E-state index in [0.29, 0.717) is 11.1 Å². The number of thiazole rings is 1. The lowest BCUT2D eigenvalue weighted by Gasteiger charge is -1.98. The molecule has 0 aliphatic heterocycles. The van der Waals surface area contributed by atoms with Crippen molar-refractivity contribution >= 4 is 28.7 Å². The average molecular weight is 286 g/mol. The fourth-order valence-corrected chi connectivity index (χ4v) is 2.39. The average Bonchev–Trinajstić information content (AvgIpc) is 3.09. The molecule has 0 saturated carbocycles. The molecule has 0 aliphatic rings. The summed E-state index contributed by atoms with van der Waals surface area (Å²) < 4.78 is 0. The smallest absolute Gasteiger partial charge is 0.228 e. The third-order valence-electron chi connectivity index (χ3n) is 2.57. The lowest BCUT2D eigenvalue weighted by molar-refractivity contribution is -0.107. The summed E-state index contributed by atoms with van der Waals surface area (Å²) in [5, 5.41) is 12.3. The summed E-state index contributed by atoms with van der Waals surface area (Å²) in [4.78, 5) is 23.2. The zero-order valence-corrected chi connectivity index (χ0v) is 11.1. The quantitative estimate of drug-likeness (QED) is 0.694. The molecule has 3 aromatic rings. The highest BCUT2D eigenvalue weighted by Crippen LogP contribution is 2.27. The number of nitrogens with zero attached hydrogens (tertiary/aromatic N) is 4. The second kappa shape index (κ2) is 5.57. The molecule has 0 fully saturated rings. The van der Waals surface area contributed by atoms with Crippen LogP contribution in [0.2, 0.25) is 0 Å². The SMILES string of the molecule is O=CCc1[nH]ncc1-c1csc(Nc2ncccn2)n1. The van der Waals surface area contributed by atoms with Gasteiger partial charge in [-0.05, 0) is 6.07 Å². The molecule has 0 unspecified atom stereocenters. The molecule has 2 N–H and O–H groups in total. The van der Waals surface area contributed by atoms with Crippen LogP contribution in [0.3, 0.4) is 0 Å². The van der Waals surface area contributed by atoms with Crippen LogP contribution in [0.4, 0.5) is 11.1 Å². The van der Waals surface area contributed by atoms with E-state index in [4.69, 9.17) is 0 Å². The van der Waals surface area contributed by atoms with E-state index in [2.05, 4.69) is 30.5 Å². The molecular weight excluding hydrogens is 276 g/mol. The predicted molar refractivity (Wildman–Crippen MR) is 74.8 cm³/mol. The molecule has 0 amide bonds. The first-order valence-corrected chi connectivity index (χ1v) is 6.70. The van der Waals surface area contributed by atoms with E-state index in [1.807, 2.05) is 5.38 Å². The highest BCUT2D eigenvalue weighted by atomic mass is 32.1. The van der Waals surface area contributed by atoms with Crippen molar-refractivity contribution in [2.24, 2.45) is 0 Å². The third-order valence-corrected chi connectivity index (χ3v) is 3.33. The number of H-pyrrole nitrogens is 1. The van der Waals surface area contributed by atoms with Gasteiger partial charge in [0, 0.05) is 29.8 Å². The van der Waals surface area contributed by atoms with Gasteiger partial charge in [0.05, 0.1) is 17.6 Å². The second-order valence-electron chi connectivity index (χ2n) is 3.87. The van der Waals surface area contributed by atoms with Gasteiger partial charge >= 0.3 is 0 Å². The Labute approximate surface area is 118 Å². The van der Waals surface area contributed by atoms with Crippen molar-refractivity contribution in [2.75, 3.05) is 5.32 Å².